The standard InChI is InChI=1S/C9H17NO2/c1-8(2)9(11)12-7-5-4-6-10-3/h10H,1,4-7H2,2-3H3. The van der Waals surface area contributed by atoms with Crippen LogP contribution >= 0.6 is 0 Å². The fraction of sp³-hybridized carbons (Fsp3) is 0.667. The largest absolute Gasteiger partial charge is 0.462 e. The average Bonchev–Trinajstić information content (AvgIpc) is 2.03. The summed E-state index contributed by atoms with van der Waals surface area (Å²) in [7, 11) is 1.90. The van der Waals surface area contributed by atoms with Gasteiger partial charge in [-0.25, -0.2) is 4.79 Å². The van der Waals surface area contributed by atoms with Crippen LogP contribution in [0, 0.1) is 0 Å². The van der Waals surface area contributed by atoms with Crippen molar-refractivity contribution in [1.82, 2.24) is 5.32 Å². The molecule has 12 heavy (non-hydrogen) atoms. The fourth-order valence-electron chi connectivity index (χ4n) is 0.692. The van der Waals surface area contributed by atoms with Gasteiger partial charge in [-0.1, -0.05) is 6.58 Å². The average molecular weight is 171 g/mol. The van der Waals surface area contributed by atoms with Crippen LogP contribution in [0.25, 0.3) is 0 Å². The lowest BCUT2D eigenvalue weighted by Gasteiger charge is -2.03. The second kappa shape index (κ2) is 6.85. The maximum absolute atomic E-state index is 10.8. The smallest absolute Gasteiger partial charge is 0.333 e. The van der Waals surface area contributed by atoms with Gasteiger partial charge in [0.05, 0.1) is 6.61 Å². The van der Waals surface area contributed by atoms with E-state index in [2.05, 4.69) is 11.9 Å². The molecular weight excluding hydrogens is 154 g/mol. The number of hydrogen-bond donors (Lipinski definition) is 1. The van der Waals surface area contributed by atoms with Crippen LogP contribution in [0.2, 0.25) is 0 Å². The number of carbonyl (C=O) groups excluding carboxylic acids is 1. The molecule has 0 spiro atoms. The minimum Gasteiger partial charge on any atom is -0.462 e. The van der Waals surface area contributed by atoms with Crippen LogP contribution < -0.4 is 5.32 Å². The Balaban J connectivity index is 3.20. The molecule has 1 N–H and O–H groups in total. The summed E-state index contributed by atoms with van der Waals surface area (Å²) in [4.78, 5) is 10.8. The summed E-state index contributed by atoms with van der Waals surface area (Å²) in [5, 5.41) is 3.02. The van der Waals surface area contributed by atoms with Gasteiger partial charge in [-0.3, -0.25) is 0 Å². The highest BCUT2D eigenvalue weighted by molar-refractivity contribution is 5.86. The number of nitrogens with one attached hydrogen (secondary N) is 1. The Labute approximate surface area is 73.8 Å². The number of esters is 1. The van der Waals surface area contributed by atoms with Crippen LogP contribution in [-0.4, -0.2) is 26.2 Å². The first-order chi connectivity index (χ1) is 5.68. The Bertz CT molecular complexity index is 155. The second-order valence-electron chi connectivity index (χ2n) is 2.73. The molecule has 0 aliphatic heterocycles. The molecule has 0 heterocycles. The Morgan fingerprint density at radius 1 is 1.50 bits per heavy atom. The van der Waals surface area contributed by atoms with Gasteiger partial charge in [-0.05, 0) is 33.4 Å². The summed E-state index contributed by atoms with van der Waals surface area (Å²) < 4.78 is 4.88. The van der Waals surface area contributed by atoms with Crippen molar-refractivity contribution in [3.8, 4) is 0 Å². The van der Waals surface area contributed by atoms with Gasteiger partial charge >= 0.3 is 5.97 Å². The van der Waals surface area contributed by atoms with Crippen LogP contribution in [0.5, 0.6) is 0 Å². The molecule has 0 unspecified atom stereocenters. The van der Waals surface area contributed by atoms with Crippen molar-refractivity contribution in [2.24, 2.45) is 0 Å². The maximum Gasteiger partial charge on any atom is 0.333 e. The van der Waals surface area contributed by atoms with Crippen molar-refractivity contribution < 1.29 is 9.53 Å². The van der Waals surface area contributed by atoms with Gasteiger partial charge in [-0.15, -0.1) is 0 Å². The Morgan fingerprint density at radius 3 is 2.67 bits per heavy atom. The molecule has 0 amide bonds. The molecule has 0 atom stereocenters. The molecule has 0 saturated heterocycles. The normalized spacial score (nSPS) is 9.50. The van der Waals surface area contributed by atoms with E-state index in [1.54, 1.807) is 6.92 Å². The van der Waals surface area contributed by atoms with E-state index in [1.807, 2.05) is 7.05 Å². The van der Waals surface area contributed by atoms with Gasteiger partial charge in [0.1, 0.15) is 0 Å². The van der Waals surface area contributed by atoms with Gasteiger partial charge in [0.15, 0.2) is 0 Å². The van der Waals surface area contributed by atoms with Crippen LogP contribution in [0.15, 0.2) is 12.2 Å². The monoisotopic (exact) mass is 171 g/mol. The van der Waals surface area contributed by atoms with Gasteiger partial charge in [0.2, 0.25) is 0 Å². The third-order valence-corrected chi connectivity index (χ3v) is 1.40. The summed E-state index contributed by atoms with van der Waals surface area (Å²) in [5.74, 6) is -0.292. The Hall–Kier alpha value is -0.830. The first-order valence-corrected chi connectivity index (χ1v) is 4.15. The van der Waals surface area contributed by atoms with E-state index in [1.165, 1.54) is 0 Å². The van der Waals surface area contributed by atoms with Crippen LogP contribution in [-0.2, 0) is 9.53 Å². The van der Waals surface area contributed by atoms with E-state index in [0.717, 1.165) is 19.4 Å². The van der Waals surface area contributed by atoms with Crippen molar-refractivity contribution in [3.05, 3.63) is 12.2 Å². The maximum atomic E-state index is 10.8. The molecule has 0 aromatic rings. The van der Waals surface area contributed by atoms with Crippen LogP contribution in [0.3, 0.4) is 0 Å². The Morgan fingerprint density at radius 2 is 2.17 bits per heavy atom. The zero-order valence-corrected chi connectivity index (χ0v) is 7.85. The molecule has 0 radical (unpaired) electrons. The topological polar surface area (TPSA) is 38.3 Å². The number of unbranched alkanes of at least 4 members (excludes halogenated alkanes) is 1. The zero-order valence-electron chi connectivity index (χ0n) is 7.85. The van der Waals surface area contributed by atoms with Crippen molar-refractivity contribution in [2.75, 3.05) is 20.2 Å². The Kier molecular flexibility index (Phi) is 6.38. The van der Waals surface area contributed by atoms with Gasteiger partial charge < -0.3 is 10.1 Å². The third kappa shape index (κ3) is 5.92. The number of carbonyl (C=O) groups is 1. The fourth-order valence-corrected chi connectivity index (χ4v) is 0.692. The molecule has 0 aliphatic carbocycles. The lowest BCUT2D eigenvalue weighted by atomic mass is 10.3. The molecule has 3 heteroatoms. The molecule has 0 aromatic carbocycles. The van der Waals surface area contributed by atoms with E-state index in [0.29, 0.717) is 12.2 Å². The molecule has 0 saturated carbocycles. The molecule has 0 rings (SSSR count). The molecule has 70 valence electrons. The summed E-state index contributed by atoms with van der Waals surface area (Å²) in [6.07, 6.45) is 1.93. The predicted octanol–water partition coefficient (Wildman–Crippen LogP) is 1.11. The van der Waals surface area contributed by atoms with E-state index in [4.69, 9.17) is 4.74 Å². The summed E-state index contributed by atoms with van der Waals surface area (Å²) in [6, 6.07) is 0. The lowest BCUT2D eigenvalue weighted by molar-refractivity contribution is -0.139. The third-order valence-electron chi connectivity index (χ3n) is 1.40. The highest BCUT2D eigenvalue weighted by Crippen LogP contribution is 1.94. The second-order valence-corrected chi connectivity index (χ2v) is 2.73. The van der Waals surface area contributed by atoms with Crippen molar-refractivity contribution >= 4 is 5.97 Å². The van der Waals surface area contributed by atoms with E-state index >= 15 is 0 Å². The van der Waals surface area contributed by atoms with E-state index in [9.17, 15) is 4.79 Å². The lowest BCUT2D eigenvalue weighted by Crippen LogP contribution is -2.10. The molecule has 0 aliphatic rings. The first-order valence-electron chi connectivity index (χ1n) is 4.15. The van der Waals surface area contributed by atoms with Crippen LogP contribution in [0.4, 0.5) is 0 Å². The quantitative estimate of drug-likeness (QED) is 0.369. The molecule has 0 aromatic heterocycles. The molecule has 0 fully saturated rings. The van der Waals surface area contributed by atoms with Crippen LogP contribution in [0.1, 0.15) is 19.8 Å². The SMILES string of the molecule is C=C(C)C(=O)OCCCCNC. The summed E-state index contributed by atoms with van der Waals surface area (Å²) in [5.41, 5.74) is 0.462. The molecular formula is C9H17NO2. The zero-order chi connectivity index (χ0) is 9.40. The summed E-state index contributed by atoms with van der Waals surface area (Å²) in [6.45, 7) is 6.59. The number of ether oxygens (including phenoxy) is 1. The van der Waals surface area contributed by atoms with Gasteiger partial charge in [-0.2, -0.15) is 0 Å². The summed E-state index contributed by atoms with van der Waals surface area (Å²) >= 11 is 0. The highest BCUT2D eigenvalue weighted by Gasteiger charge is 2.00. The van der Waals surface area contributed by atoms with Gasteiger partial charge in [0.25, 0.3) is 0 Å². The molecule has 3 nitrogen and oxygen atoms in total. The minimum atomic E-state index is -0.292. The number of rotatable bonds is 6. The molecule has 0 bridgehead atoms. The minimum absolute atomic E-state index is 0.292. The van der Waals surface area contributed by atoms with Crippen molar-refractivity contribution in [3.63, 3.8) is 0 Å². The van der Waals surface area contributed by atoms with Crippen molar-refractivity contribution in [2.45, 2.75) is 19.8 Å². The predicted molar refractivity (Wildman–Crippen MR) is 48.9 cm³/mol. The van der Waals surface area contributed by atoms with Gasteiger partial charge in [0, 0.05) is 5.57 Å². The van der Waals surface area contributed by atoms with Crippen molar-refractivity contribution in [1.29, 1.82) is 0 Å². The van der Waals surface area contributed by atoms with E-state index in [-0.39, 0.29) is 5.97 Å². The first kappa shape index (κ1) is 11.2. The van der Waals surface area contributed by atoms with E-state index < -0.39 is 0 Å². The highest BCUT2D eigenvalue weighted by atomic mass is 16.5. The number of hydrogen-bond acceptors (Lipinski definition) is 3.